The van der Waals surface area contributed by atoms with E-state index in [2.05, 4.69) is 36.4 Å². The molecule has 0 saturated carbocycles. The molecule has 0 bridgehead atoms. The number of rotatable bonds is 8. The van der Waals surface area contributed by atoms with Gasteiger partial charge in [0.2, 0.25) is 0 Å². The van der Waals surface area contributed by atoms with Crippen LogP contribution < -0.4 is 0 Å². The summed E-state index contributed by atoms with van der Waals surface area (Å²) in [4.78, 5) is 4.86. The van der Waals surface area contributed by atoms with Crippen molar-refractivity contribution in [3.8, 4) is 11.3 Å². The van der Waals surface area contributed by atoms with Gasteiger partial charge in [0.15, 0.2) is 17.5 Å². The Bertz CT molecular complexity index is 1370. The summed E-state index contributed by atoms with van der Waals surface area (Å²) < 4.78 is 60.1. The molecule has 5 rings (SSSR count). The van der Waals surface area contributed by atoms with Gasteiger partial charge in [0.05, 0.1) is 19.4 Å². The number of nitrogens with zero attached hydrogens (tertiary/aromatic N) is 5. The van der Waals surface area contributed by atoms with E-state index >= 15 is 0 Å². The highest BCUT2D eigenvalue weighted by molar-refractivity contribution is 9.10. The van der Waals surface area contributed by atoms with E-state index in [1.807, 2.05) is 6.07 Å². The van der Waals surface area contributed by atoms with Crippen molar-refractivity contribution in [2.24, 2.45) is 0 Å². The molecular formula is C23H19BrF3N5O5S. The van der Waals surface area contributed by atoms with E-state index in [-0.39, 0.29) is 17.9 Å². The Balaban J connectivity index is 1.51. The number of aliphatic hydroxyl groups excluding tert-OH is 2. The first-order valence-electron chi connectivity index (χ1n) is 11.1. The first-order valence-corrected chi connectivity index (χ1v) is 12.8. The summed E-state index contributed by atoms with van der Waals surface area (Å²) in [6, 6.07) is 4.04. The zero-order chi connectivity index (χ0) is 26.8. The summed E-state index contributed by atoms with van der Waals surface area (Å²) in [5.74, 6) is -4.36. The SMILES string of the molecule is OCC1O[C@H](Sc2cncc(Br)c2)C(OCc2ccon2)[C@@H](n2cc(-c3cc(F)c(F)c(F)c3)nn2)[C@H]1O. The van der Waals surface area contributed by atoms with E-state index in [1.165, 1.54) is 28.9 Å². The van der Waals surface area contributed by atoms with Gasteiger partial charge in [-0.3, -0.25) is 4.98 Å². The normalized spacial score (nSPS) is 23.6. The average molecular weight is 614 g/mol. The number of aliphatic hydroxyl groups is 2. The fourth-order valence-electron chi connectivity index (χ4n) is 3.98. The maximum absolute atomic E-state index is 13.8. The first-order chi connectivity index (χ1) is 18.3. The Morgan fingerprint density at radius 3 is 2.63 bits per heavy atom. The van der Waals surface area contributed by atoms with Gasteiger partial charge in [-0.2, -0.15) is 0 Å². The molecule has 0 aliphatic carbocycles. The number of ether oxygens (including phenoxy) is 2. The average Bonchev–Trinajstić information content (AvgIpc) is 3.59. The van der Waals surface area contributed by atoms with Gasteiger partial charge >= 0.3 is 0 Å². The van der Waals surface area contributed by atoms with Gasteiger partial charge in [0.25, 0.3) is 0 Å². The number of hydrogen-bond donors (Lipinski definition) is 2. The van der Waals surface area contributed by atoms with E-state index in [0.717, 1.165) is 16.6 Å². The van der Waals surface area contributed by atoms with E-state index < -0.39 is 53.8 Å². The van der Waals surface area contributed by atoms with Gasteiger partial charge in [-0.25, -0.2) is 17.9 Å². The van der Waals surface area contributed by atoms with Crippen LogP contribution >= 0.6 is 27.7 Å². The van der Waals surface area contributed by atoms with Crippen molar-refractivity contribution in [3.05, 3.63) is 76.7 Å². The largest absolute Gasteiger partial charge is 0.394 e. The number of hydrogen-bond acceptors (Lipinski definition) is 10. The maximum atomic E-state index is 13.8. The van der Waals surface area contributed by atoms with Crippen LogP contribution in [0.2, 0.25) is 0 Å². The summed E-state index contributed by atoms with van der Waals surface area (Å²) in [5, 5.41) is 33.0. The molecule has 4 heterocycles. The summed E-state index contributed by atoms with van der Waals surface area (Å²) in [6.45, 7) is -0.529. The van der Waals surface area contributed by atoms with Crippen LogP contribution in [-0.2, 0) is 16.1 Å². The molecule has 38 heavy (non-hydrogen) atoms. The van der Waals surface area contributed by atoms with E-state index in [9.17, 15) is 23.4 Å². The third kappa shape index (κ3) is 5.62. The summed E-state index contributed by atoms with van der Waals surface area (Å²) >= 11 is 4.62. The van der Waals surface area contributed by atoms with Crippen molar-refractivity contribution in [2.45, 2.75) is 41.3 Å². The zero-order valence-electron chi connectivity index (χ0n) is 19.2. The monoisotopic (exact) mass is 613 g/mol. The molecule has 0 spiro atoms. The molecule has 2 unspecified atom stereocenters. The van der Waals surface area contributed by atoms with Gasteiger partial charge in [-0.15, -0.1) is 5.10 Å². The quantitative estimate of drug-likeness (QED) is 0.285. The van der Waals surface area contributed by atoms with Crippen molar-refractivity contribution in [3.63, 3.8) is 0 Å². The first kappa shape index (κ1) is 26.8. The lowest BCUT2D eigenvalue weighted by molar-refractivity contribution is -0.196. The zero-order valence-corrected chi connectivity index (χ0v) is 21.6. The lowest BCUT2D eigenvalue weighted by Crippen LogP contribution is -2.55. The number of benzene rings is 1. The van der Waals surface area contributed by atoms with Crippen molar-refractivity contribution >= 4 is 27.7 Å². The molecule has 1 saturated heterocycles. The predicted molar refractivity (Wildman–Crippen MR) is 129 cm³/mol. The third-order valence-corrected chi connectivity index (χ3v) is 7.31. The minimum absolute atomic E-state index is 0.0126. The van der Waals surface area contributed by atoms with Gasteiger partial charge < -0.3 is 24.2 Å². The summed E-state index contributed by atoms with van der Waals surface area (Å²) in [6.07, 6.45) is 2.71. The van der Waals surface area contributed by atoms with Crippen LogP contribution in [-0.4, -0.2) is 65.7 Å². The van der Waals surface area contributed by atoms with Crippen LogP contribution in [0.25, 0.3) is 11.3 Å². The molecule has 2 N–H and O–H groups in total. The van der Waals surface area contributed by atoms with Crippen LogP contribution in [0.4, 0.5) is 13.2 Å². The van der Waals surface area contributed by atoms with Gasteiger partial charge in [0.1, 0.15) is 47.4 Å². The molecular weight excluding hydrogens is 595 g/mol. The highest BCUT2D eigenvalue weighted by Gasteiger charge is 2.48. The molecule has 1 aliphatic heterocycles. The van der Waals surface area contributed by atoms with E-state index in [4.69, 9.17) is 14.0 Å². The van der Waals surface area contributed by atoms with Crippen molar-refractivity contribution < 1.29 is 37.4 Å². The number of pyridine rings is 1. The van der Waals surface area contributed by atoms with Crippen molar-refractivity contribution in [1.29, 1.82) is 0 Å². The second-order valence-corrected chi connectivity index (χ2v) is 10.4. The smallest absolute Gasteiger partial charge is 0.194 e. The lowest BCUT2D eigenvalue weighted by Gasteiger charge is -2.43. The number of thioether (sulfide) groups is 1. The number of aromatic nitrogens is 5. The summed E-state index contributed by atoms with van der Waals surface area (Å²) in [7, 11) is 0. The molecule has 1 fully saturated rings. The third-order valence-electron chi connectivity index (χ3n) is 5.77. The highest BCUT2D eigenvalue weighted by atomic mass is 79.9. The Labute approximate surface area is 225 Å². The van der Waals surface area contributed by atoms with Crippen LogP contribution in [0.5, 0.6) is 0 Å². The second-order valence-electron chi connectivity index (χ2n) is 8.27. The standard InChI is InChI=1S/C23H19BrF3N5O5S/c24-12-5-14(7-28-6-12)38-23-22(35-10-13-1-2-36-30-13)20(21(34)18(9-33)37-23)32-8-17(29-31-32)11-3-15(25)19(27)16(26)4-11/h1-8,18,20-23,33-34H,9-10H2/t18?,20-,21-,22?,23+/m0/s1. The van der Waals surface area contributed by atoms with Crippen LogP contribution in [0.15, 0.2) is 63.0 Å². The van der Waals surface area contributed by atoms with E-state index in [0.29, 0.717) is 10.6 Å². The van der Waals surface area contributed by atoms with Crippen LogP contribution in [0.3, 0.4) is 0 Å². The predicted octanol–water partition coefficient (Wildman–Crippen LogP) is 3.50. The Kier molecular flexibility index (Phi) is 8.11. The Morgan fingerprint density at radius 2 is 1.95 bits per heavy atom. The highest BCUT2D eigenvalue weighted by Crippen LogP contribution is 2.40. The Hall–Kier alpha value is -2.82. The van der Waals surface area contributed by atoms with Crippen molar-refractivity contribution in [1.82, 2.24) is 25.1 Å². The Morgan fingerprint density at radius 1 is 1.16 bits per heavy atom. The molecule has 0 radical (unpaired) electrons. The lowest BCUT2D eigenvalue weighted by atomic mass is 9.97. The fourth-order valence-corrected chi connectivity index (χ4v) is 5.65. The molecule has 3 aromatic heterocycles. The van der Waals surface area contributed by atoms with Crippen LogP contribution in [0, 0.1) is 17.5 Å². The van der Waals surface area contributed by atoms with Gasteiger partial charge in [0, 0.05) is 33.4 Å². The molecule has 1 aliphatic rings. The molecule has 4 aromatic rings. The maximum Gasteiger partial charge on any atom is 0.194 e. The molecule has 10 nitrogen and oxygen atoms in total. The van der Waals surface area contributed by atoms with Crippen LogP contribution in [0.1, 0.15) is 11.7 Å². The fraction of sp³-hybridized carbons (Fsp3) is 0.304. The topological polar surface area (TPSA) is 129 Å². The molecule has 5 atom stereocenters. The van der Waals surface area contributed by atoms with Gasteiger partial charge in [-0.1, -0.05) is 22.1 Å². The van der Waals surface area contributed by atoms with E-state index in [1.54, 1.807) is 18.5 Å². The van der Waals surface area contributed by atoms with Gasteiger partial charge in [-0.05, 0) is 34.1 Å². The molecule has 1 aromatic carbocycles. The molecule has 15 heteroatoms. The minimum Gasteiger partial charge on any atom is -0.394 e. The van der Waals surface area contributed by atoms with Crippen molar-refractivity contribution in [2.75, 3.05) is 6.61 Å². The minimum atomic E-state index is -1.60. The summed E-state index contributed by atoms with van der Waals surface area (Å²) in [5.41, 5.74) is -0.333. The molecule has 0 amide bonds. The number of halogens is 4. The second kappa shape index (κ2) is 11.5. The molecule has 200 valence electrons.